The fourth-order valence-electron chi connectivity index (χ4n) is 3.86. The Morgan fingerprint density at radius 1 is 1.44 bits per heavy atom. The number of rotatable bonds is 2. The smallest absolute Gasteiger partial charge is 0.306 e. The predicted molar refractivity (Wildman–Crippen MR) is 70.0 cm³/mol. The molecule has 0 radical (unpaired) electrons. The van der Waals surface area contributed by atoms with Crippen LogP contribution in [0.4, 0.5) is 0 Å². The molecule has 0 aromatic heterocycles. The Bertz CT molecular complexity index is 359. The van der Waals surface area contributed by atoms with Gasteiger partial charge in [0.05, 0.1) is 11.5 Å². The van der Waals surface area contributed by atoms with Crippen molar-refractivity contribution in [1.29, 1.82) is 0 Å². The highest BCUT2D eigenvalue weighted by atomic mass is 16.4. The van der Waals surface area contributed by atoms with E-state index in [1.165, 1.54) is 0 Å². The number of carbonyl (C=O) groups is 1. The van der Waals surface area contributed by atoms with Gasteiger partial charge in [0, 0.05) is 0 Å². The number of carboxylic acids is 1. The fraction of sp³-hybridized carbons (Fsp3) is 0.800. The molecule has 0 bridgehead atoms. The van der Waals surface area contributed by atoms with Crippen molar-refractivity contribution in [3.63, 3.8) is 0 Å². The Kier molecular flexibility index (Phi) is 3.54. The van der Waals surface area contributed by atoms with E-state index in [9.17, 15) is 15.0 Å². The number of fused-ring (bicyclic) bond motifs is 1. The highest BCUT2D eigenvalue weighted by molar-refractivity contribution is 5.70. The largest absolute Gasteiger partial charge is 0.481 e. The van der Waals surface area contributed by atoms with Gasteiger partial charge in [-0.2, -0.15) is 0 Å². The molecule has 3 heteroatoms. The lowest BCUT2D eigenvalue weighted by atomic mass is 9.59. The highest BCUT2D eigenvalue weighted by Gasteiger charge is 2.44. The Balaban J connectivity index is 2.25. The number of hydrogen-bond acceptors (Lipinski definition) is 2. The second kappa shape index (κ2) is 4.69. The van der Waals surface area contributed by atoms with Crippen LogP contribution in [0.3, 0.4) is 0 Å². The first-order valence-electron chi connectivity index (χ1n) is 6.96. The Labute approximate surface area is 109 Å². The van der Waals surface area contributed by atoms with Gasteiger partial charge in [0.15, 0.2) is 0 Å². The summed E-state index contributed by atoms with van der Waals surface area (Å²) in [6, 6.07) is 0. The topological polar surface area (TPSA) is 57.5 Å². The molecule has 1 unspecified atom stereocenters. The monoisotopic (exact) mass is 253 g/mol. The van der Waals surface area contributed by atoms with E-state index in [0.717, 1.165) is 12.8 Å². The summed E-state index contributed by atoms with van der Waals surface area (Å²) in [4.78, 5) is 11.2. The molecular weight excluding hydrogens is 229 g/mol. The van der Waals surface area contributed by atoms with Crippen molar-refractivity contribution in [2.24, 2.45) is 29.6 Å². The third-order valence-corrected chi connectivity index (χ3v) is 5.01. The van der Waals surface area contributed by atoms with E-state index in [4.69, 9.17) is 0 Å². The van der Waals surface area contributed by atoms with Crippen LogP contribution in [0.1, 0.15) is 40.0 Å². The van der Waals surface area contributed by atoms with Gasteiger partial charge >= 0.3 is 5.97 Å². The molecule has 102 valence electrons. The van der Waals surface area contributed by atoms with E-state index >= 15 is 0 Å². The molecule has 0 aromatic rings. The van der Waals surface area contributed by atoms with Gasteiger partial charge in [-0.05, 0) is 49.9 Å². The standard InChI is InChI=1S/C15H24O3/c1-9-4-5-12(10(2)14(16)17)13-8-15(3,18)7-6-11(9)13/h6-7,9-13,18H,4-5,8H2,1-3H3,(H,16,17)/t9-,10-,11+,12+,13+,15?/m1/s1/i3+1. The van der Waals surface area contributed by atoms with E-state index in [0.29, 0.717) is 24.2 Å². The van der Waals surface area contributed by atoms with Gasteiger partial charge in [-0.1, -0.05) is 26.0 Å². The van der Waals surface area contributed by atoms with Crippen LogP contribution in [0.2, 0.25) is 0 Å². The SMILES string of the molecule is C[C@@H]1CC[C@@H]([C@@H](C)C(=O)O)[C@H]2CC([13CH3])(O)C=C[C@H]21. The molecule has 1 saturated carbocycles. The molecule has 0 aliphatic heterocycles. The van der Waals surface area contributed by atoms with E-state index in [2.05, 4.69) is 13.0 Å². The maximum absolute atomic E-state index is 11.2. The van der Waals surface area contributed by atoms with Crippen LogP contribution in [0, 0.1) is 29.6 Å². The molecule has 3 nitrogen and oxygen atoms in total. The van der Waals surface area contributed by atoms with Crippen molar-refractivity contribution >= 4 is 5.97 Å². The van der Waals surface area contributed by atoms with Gasteiger partial charge in [-0.15, -0.1) is 0 Å². The van der Waals surface area contributed by atoms with Crippen LogP contribution in [-0.4, -0.2) is 21.8 Å². The lowest BCUT2D eigenvalue weighted by molar-refractivity contribution is -0.145. The molecule has 1 fully saturated rings. The van der Waals surface area contributed by atoms with E-state index in [1.807, 2.05) is 19.9 Å². The van der Waals surface area contributed by atoms with Crippen molar-refractivity contribution in [3.05, 3.63) is 12.2 Å². The second-order valence-electron chi connectivity index (χ2n) is 6.51. The number of allylic oxidation sites excluding steroid dienone is 1. The minimum atomic E-state index is -0.769. The normalized spacial score (nSPS) is 45.3. The average Bonchev–Trinajstić information content (AvgIpc) is 2.27. The lowest BCUT2D eigenvalue weighted by Crippen LogP contribution is -2.44. The first kappa shape index (κ1) is 13.6. The lowest BCUT2D eigenvalue weighted by Gasteiger charge is -2.47. The van der Waals surface area contributed by atoms with Gasteiger partial charge in [0.25, 0.3) is 0 Å². The molecular formula is C15H24O3. The number of aliphatic hydroxyl groups is 1. The zero-order valence-corrected chi connectivity index (χ0v) is 11.5. The molecule has 0 spiro atoms. The van der Waals surface area contributed by atoms with Gasteiger partial charge in [0.2, 0.25) is 0 Å². The fourth-order valence-corrected chi connectivity index (χ4v) is 3.86. The van der Waals surface area contributed by atoms with Gasteiger partial charge in [-0.25, -0.2) is 0 Å². The van der Waals surface area contributed by atoms with Crippen molar-refractivity contribution in [2.45, 2.75) is 45.6 Å². The minimum Gasteiger partial charge on any atom is -0.481 e. The minimum absolute atomic E-state index is 0.195. The van der Waals surface area contributed by atoms with Crippen LogP contribution in [-0.2, 0) is 4.79 Å². The van der Waals surface area contributed by atoms with Crippen molar-refractivity contribution in [1.82, 2.24) is 0 Å². The maximum Gasteiger partial charge on any atom is 0.306 e. The van der Waals surface area contributed by atoms with Crippen LogP contribution in [0.5, 0.6) is 0 Å². The molecule has 2 N–H and O–H groups in total. The number of carboxylic acid groups (broad SMARTS) is 1. The average molecular weight is 253 g/mol. The van der Waals surface area contributed by atoms with E-state index in [1.54, 1.807) is 0 Å². The third-order valence-electron chi connectivity index (χ3n) is 5.01. The molecule has 0 saturated heterocycles. The van der Waals surface area contributed by atoms with Gasteiger partial charge in [-0.3, -0.25) is 4.79 Å². The van der Waals surface area contributed by atoms with Crippen molar-refractivity contribution in [2.75, 3.05) is 0 Å². The molecule has 6 atom stereocenters. The Morgan fingerprint density at radius 3 is 2.72 bits per heavy atom. The molecule has 2 rings (SSSR count). The summed E-state index contributed by atoms with van der Waals surface area (Å²) >= 11 is 0. The summed E-state index contributed by atoms with van der Waals surface area (Å²) in [7, 11) is 0. The van der Waals surface area contributed by atoms with Crippen LogP contribution >= 0.6 is 0 Å². The molecule has 2 aliphatic carbocycles. The third kappa shape index (κ3) is 2.46. The first-order chi connectivity index (χ1) is 8.32. The summed E-state index contributed by atoms with van der Waals surface area (Å²) in [5, 5.41) is 19.4. The van der Waals surface area contributed by atoms with E-state index < -0.39 is 11.6 Å². The Morgan fingerprint density at radius 2 is 2.11 bits per heavy atom. The maximum atomic E-state index is 11.2. The number of hydrogen-bond donors (Lipinski definition) is 2. The number of aliphatic carboxylic acids is 1. The molecule has 0 aromatic carbocycles. The molecule has 0 amide bonds. The van der Waals surface area contributed by atoms with Crippen LogP contribution in [0.15, 0.2) is 12.2 Å². The van der Waals surface area contributed by atoms with Crippen LogP contribution in [0.25, 0.3) is 0 Å². The van der Waals surface area contributed by atoms with Crippen molar-refractivity contribution in [3.8, 4) is 0 Å². The molecule has 0 heterocycles. The zero-order chi connectivity index (χ0) is 13.5. The van der Waals surface area contributed by atoms with E-state index in [-0.39, 0.29) is 11.8 Å². The van der Waals surface area contributed by atoms with Gasteiger partial charge in [0.1, 0.15) is 0 Å². The molecule has 18 heavy (non-hydrogen) atoms. The van der Waals surface area contributed by atoms with Crippen molar-refractivity contribution < 1.29 is 15.0 Å². The molecule has 2 aliphatic rings. The zero-order valence-electron chi connectivity index (χ0n) is 11.5. The van der Waals surface area contributed by atoms with Crippen LogP contribution < -0.4 is 0 Å². The summed E-state index contributed by atoms with van der Waals surface area (Å²) in [5.41, 5.74) is -0.769. The Hall–Kier alpha value is -0.830. The summed E-state index contributed by atoms with van der Waals surface area (Å²) in [6.07, 6.45) is 6.79. The summed E-state index contributed by atoms with van der Waals surface area (Å²) < 4.78 is 0. The second-order valence-corrected chi connectivity index (χ2v) is 6.51. The van der Waals surface area contributed by atoms with Gasteiger partial charge < -0.3 is 10.2 Å². The quantitative estimate of drug-likeness (QED) is 0.587. The summed E-state index contributed by atoms with van der Waals surface area (Å²) in [6.45, 7) is 5.87. The predicted octanol–water partition coefficient (Wildman–Crippen LogP) is 2.70. The first-order valence-corrected chi connectivity index (χ1v) is 6.96. The summed E-state index contributed by atoms with van der Waals surface area (Å²) in [5.74, 6) is 0.514. The highest BCUT2D eigenvalue weighted by Crippen LogP contribution is 2.48.